The summed E-state index contributed by atoms with van der Waals surface area (Å²) >= 11 is 0. The van der Waals surface area contributed by atoms with Gasteiger partial charge in [0.05, 0.1) is 11.7 Å². The molecule has 0 spiro atoms. The van der Waals surface area contributed by atoms with Gasteiger partial charge in [0.1, 0.15) is 11.5 Å². The van der Waals surface area contributed by atoms with Crippen molar-refractivity contribution in [2.75, 3.05) is 25.5 Å². The van der Waals surface area contributed by atoms with Crippen molar-refractivity contribution >= 4 is 33.6 Å². The first-order chi connectivity index (χ1) is 17.5. The molecular formula is C25H27N9O2. The lowest BCUT2D eigenvalue weighted by atomic mass is 10.1. The maximum Gasteiger partial charge on any atom is 0.277 e. The van der Waals surface area contributed by atoms with Crippen molar-refractivity contribution in [1.82, 2.24) is 39.0 Å². The first-order valence-corrected chi connectivity index (χ1v) is 11.9. The maximum atomic E-state index is 12.9. The number of likely N-dealkylation sites (tertiary alicyclic amines) is 1. The van der Waals surface area contributed by atoms with E-state index in [0.717, 1.165) is 42.5 Å². The van der Waals surface area contributed by atoms with E-state index in [4.69, 9.17) is 9.72 Å². The fourth-order valence-electron chi connectivity index (χ4n) is 4.65. The van der Waals surface area contributed by atoms with Gasteiger partial charge < -0.3 is 15.0 Å². The number of ether oxygens (including phenoxy) is 1. The molecule has 1 aliphatic heterocycles. The highest BCUT2D eigenvalue weighted by atomic mass is 16.5. The number of rotatable bonds is 5. The van der Waals surface area contributed by atoms with Crippen molar-refractivity contribution in [3.05, 3.63) is 59.1 Å². The van der Waals surface area contributed by atoms with Crippen molar-refractivity contribution in [3.8, 4) is 11.7 Å². The number of fused-ring (bicyclic) bond motifs is 2. The zero-order chi connectivity index (χ0) is 24.8. The molecular weight excluding hydrogens is 458 g/mol. The number of hydrogen-bond donors (Lipinski definition) is 1. The number of benzene rings is 1. The Kier molecular flexibility index (Phi) is 5.41. The first kappa shape index (κ1) is 22.2. The van der Waals surface area contributed by atoms with Crippen LogP contribution in [0.5, 0.6) is 5.88 Å². The van der Waals surface area contributed by atoms with Crippen LogP contribution in [0, 0.1) is 0 Å². The molecule has 0 unspecified atom stereocenters. The number of piperidine rings is 1. The third-order valence-electron chi connectivity index (χ3n) is 6.67. The second-order valence-corrected chi connectivity index (χ2v) is 9.19. The van der Waals surface area contributed by atoms with E-state index in [1.165, 1.54) is 4.68 Å². The van der Waals surface area contributed by atoms with Crippen LogP contribution < -0.4 is 15.6 Å². The van der Waals surface area contributed by atoms with Crippen LogP contribution in [-0.4, -0.2) is 65.2 Å². The number of nitrogens with one attached hydrogen (secondary N) is 1. The minimum absolute atomic E-state index is 0.129. The zero-order valence-electron chi connectivity index (χ0n) is 20.4. The van der Waals surface area contributed by atoms with Crippen LogP contribution in [0.1, 0.15) is 12.8 Å². The summed E-state index contributed by atoms with van der Waals surface area (Å²) in [5.41, 5.74) is 2.12. The van der Waals surface area contributed by atoms with Crippen LogP contribution in [0.15, 0.2) is 53.6 Å². The SMILES string of the molecule is CN1CCC(Oc2cccc(-n3c4nc(Nc5ccc6c(cnn6C)c5)ncc4c(=O)n3C)n2)CC1. The summed E-state index contributed by atoms with van der Waals surface area (Å²) in [5, 5.41) is 8.94. The van der Waals surface area contributed by atoms with Gasteiger partial charge in [-0.2, -0.15) is 15.1 Å². The molecule has 5 heterocycles. The smallest absolute Gasteiger partial charge is 0.277 e. The fourth-order valence-corrected chi connectivity index (χ4v) is 4.65. The lowest BCUT2D eigenvalue weighted by Crippen LogP contribution is -2.35. The predicted molar refractivity (Wildman–Crippen MR) is 137 cm³/mol. The second-order valence-electron chi connectivity index (χ2n) is 9.19. The molecule has 11 heteroatoms. The Morgan fingerprint density at radius 1 is 1.03 bits per heavy atom. The van der Waals surface area contributed by atoms with E-state index in [9.17, 15) is 4.79 Å². The first-order valence-electron chi connectivity index (χ1n) is 11.9. The Labute approximate surface area is 206 Å². The average Bonchev–Trinajstić information content (AvgIpc) is 3.37. The Morgan fingerprint density at radius 3 is 2.69 bits per heavy atom. The van der Waals surface area contributed by atoms with Crippen LogP contribution in [0.25, 0.3) is 27.8 Å². The summed E-state index contributed by atoms with van der Waals surface area (Å²) < 4.78 is 11.2. The van der Waals surface area contributed by atoms with Gasteiger partial charge in [0.2, 0.25) is 11.8 Å². The third-order valence-corrected chi connectivity index (χ3v) is 6.67. The van der Waals surface area contributed by atoms with E-state index in [0.29, 0.717) is 28.7 Å². The van der Waals surface area contributed by atoms with Crippen molar-refractivity contribution in [2.24, 2.45) is 14.1 Å². The average molecular weight is 486 g/mol. The lowest BCUT2D eigenvalue weighted by molar-refractivity contribution is 0.110. The van der Waals surface area contributed by atoms with Gasteiger partial charge in [0.15, 0.2) is 11.5 Å². The number of anilines is 2. The maximum absolute atomic E-state index is 12.9. The molecule has 11 nitrogen and oxygen atoms in total. The highest BCUT2D eigenvalue weighted by Gasteiger charge is 2.20. The number of aryl methyl sites for hydroxylation is 1. The Hall–Kier alpha value is -4.25. The topological polar surface area (TPSA) is 108 Å². The summed E-state index contributed by atoms with van der Waals surface area (Å²) in [7, 11) is 5.72. The van der Waals surface area contributed by atoms with E-state index in [1.54, 1.807) is 17.9 Å². The highest BCUT2D eigenvalue weighted by molar-refractivity contribution is 5.83. The number of pyridine rings is 1. The van der Waals surface area contributed by atoms with Crippen molar-refractivity contribution < 1.29 is 4.74 Å². The summed E-state index contributed by atoms with van der Waals surface area (Å²) in [6, 6.07) is 11.5. The van der Waals surface area contributed by atoms with E-state index in [1.807, 2.05) is 54.3 Å². The molecule has 0 aliphatic carbocycles. The molecule has 4 aromatic heterocycles. The Morgan fingerprint density at radius 2 is 1.86 bits per heavy atom. The fraction of sp³-hybridized carbons (Fsp3) is 0.320. The van der Waals surface area contributed by atoms with E-state index < -0.39 is 0 Å². The Balaban J connectivity index is 1.34. The van der Waals surface area contributed by atoms with E-state index in [-0.39, 0.29) is 11.7 Å². The quantitative estimate of drug-likeness (QED) is 0.405. The van der Waals surface area contributed by atoms with E-state index >= 15 is 0 Å². The van der Waals surface area contributed by atoms with Gasteiger partial charge in [-0.1, -0.05) is 6.07 Å². The predicted octanol–water partition coefficient (Wildman–Crippen LogP) is 2.62. The second kappa shape index (κ2) is 8.76. The molecule has 184 valence electrons. The molecule has 0 bridgehead atoms. The van der Waals surface area contributed by atoms with Crippen LogP contribution in [-0.2, 0) is 14.1 Å². The molecule has 0 radical (unpaired) electrons. The third kappa shape index (κ3) is 3.97. The summed E-state index contributed by atoms with van der Waals surface area (Å²) in [6.07, 6.45) is 5.40. The van der Waals surface area contributed by atoms with Gasteiger partial charge in [0.25, 0.3) is 5.56 Å². The van der Waals surface area contributed by atoms with Crippen molar-refractivity contribution in [3.63, 3.8) is 0 Å². The molecule has 1 fully saturated rings. The number of aromatic nitrogens is 7. The molecule has 36 heavy (non-hydrogen) atoms. The minimum atomic E-state index is -0.197. The van der Waals surface area contributed by atoms with Gasteiger partial charge >= 0.3 is 0 Å². The Bertz CT molecular complexity index is 1630. The van der Waals surface area contributed by atoms with Crippen LogP contribution in [0.3, 0.4) is 0 Å². The summed E-state index contributed by atoms with van der Waals surface area (Å²) in [6.45, 7) is 2.00. The van der Waals surface area contributed by atoms with E-state index in [2.05, 4.69) is 32.3 Å². The van der Waals surface area contributed by atoms with Crippen molar-refractivity contribution in [2.45, 2.75) is 18.9 Å². The monoisotopic (exact) mass is 485 g/mol. The molecule has 6 rings (SSSR count). The molecule has 0 saturated carbocycles. The van der Waals surface area contributed by atoms with Crippen LogP contribution >= 0.6 is 0 Å². The minimum Gasteiger partial charge on any atom is -0.474 e. The van der Waals surface area contributed by atoms with Crippen LogP contribution in [0.4, 0.5) is 11.6 Å². The van der Waals surface area contributed by atoms with Crippen LogP contribution in [0.2, 0.25) is 0 Å². The molecule has 1 aromatic carbocycles. The van der Waals surface area contributed by atoms with Gasteiger partial charge in [-0.25, -0.2) is 14.3 Å². The van der Waals surface area contributed by atoms with Gasteiger partial charge in [-0.3, -0.25) is 9.48 Å². The highest BCUT2D eigenvalue weighted by Crippen LogP contribution is 2.23. The number of nitrogens with zero attached hydrogens (tertiary/aromatic N) is 8. The molecule has 1 saturated heterocycles. The normalized spacial score (nSPS) is 15.1. The lowest BCUT2D eigenvalue weighted by Gasteiger charge is -2.29. The molecule has 1 N–H and O–H groups in total. The molecule has 5 aromatic rings. The van der Waals surface area contributed by atoms with Crippen molar-refractivity contribution in [1.29, 1.82) is 0 Å². The molecule has 0 amide bonds. The molecule has 1 aliphatic rings. The van der Waals surface area contributed by atoms with Gasteiger partial charge in [0, 0.05) is 50.5 Å². The summed E-state index contributed by atoms with van der Waals surface area (Å²) in [5.74, 6) is 1.47. The zero-order valence-corrected chi connectivity index (χ0v) is 20.4. The standard InChI is InChI=1S/C25H27N9O2/c1-31-11-9-18(10-12-31)36-22-6-4-5-21(29-22)34-23-19(24(35)33(34)3)15-26-25(30-23)28-17-7-8-20-16(13-17)14-27-32(20)2/h4-8,13-15,18H,9-12H2,1-3H3,(H,26,28,30). The van der Waals surface area contributed by atoms with Gasteiger partial charge in [-0.15, -0.1) is 0 Å². The summed E-state index contributed by atoms with van der Waals surface area (Å²) in [4.78, 5) is 29.0. The number of hydrogen-bond acceptors (Lipinski definition) is 8. The molecule has 0 atom stereocenters. The largest absolute Gasteiger partial charge is 0.474 e. The van der Waals surface area contributed by atoms with Gasteiger partial charge in [-0.05, 0) is 44.2 Å².